The summed E-state index contributed by atoms with van der Waals surface area (Å²) in [5.74, 6) is -1.38. The molecule has 0 aliphatic heterocycles. The smallest absolute Gasteiger partial charge is 0.317 e. The van der Waals surface area contributed by atoms with Crippen molar-refractivity contribution in [2.45, 2.75) is 0 Å². The largest absolute Gasteiger partial charge is 0.480 e. The molecule has 2 aromatic heterocycles. The minimum Gasteiger partial charge on any atom is -0.480 e. The van der Waals surface area contributed by atoms with E-state index in [2.05, 4.69) is 15.3 Å². The van der Waals surface area contributed by atoms with Crippen LogP contribution >= 0.6 is 24.0 Å². The molecule has 1 aromatic carbocycles. The molecule has 2 heterocycles. The highest BCUT2D eigenvalue weighted by Gasteiger charge is 2.15. The minimum absolute atomic E-state index is 0. The second-order valence-corrected chi connectivity index (χ2v) is 4.82. The van der Waals surface area contributed by atoms with Gasteiger partial charge in [-0.25, -0.2) is 9.97 Å². The Kier molecular flexibility index (Phi) is 7.04. The molecule has 0 fully saturated rings. The number of primary amides is 1. The molecule has 0 radical (unpaired) electrons. The zero-order valence-corrected chi connectivity index (χ0v) is 15.5. The molecule has 0 aliphatic rings. The van der Waals surface area contributed by atoms with Gasteiger partial charge in [-0.15, -0.1) is 24.0 Å². The van der Waals surface area contributed by atoms with E-state index < -0.39 is 11.9 Å². The topological polar surface area (TPSA) is 123 Å². The number of likely N-dealkylation sites (N-methyl/N-ethyl adjacent to an activating group) is 1. The van der Waals surface area contributed by atoms with Gasteiger partial charge in [-0.2, -0.15) is 0 Å². The maximum atomic E-state index is 11.4. The van der Waals surface area contributed by atoms with Crippen molar-refractivity contribution in [3.8, 4) is 0 Å². The number of carbonyl (C=O) groups excluding carboxylic acids is 1. The number of carboxylic acids is 1. The van der Waals surface area contributed by atoms with Crippen LogP contribution in [-0.2, 0) is 11.8 Å². The average molecular weight is 443 g/mol. The molecule has 0 spiro atoms. The molecule has 0 atom stereocenters. The number of hydrogen-bond donors (Lipinski definition) is 3. The summed E-state index contributed by atoms with van der Waals surface area (Å²) >= 11 is 0. The highest BCUT2D eigenvalue weighted by molar-refractivity contribution is 14.0. The van der Waals surface area contributed by atoms with Crippen molar-refractivity contribution in [2.24, 2.45) is 12.8 Å². The van der Waals surface area contributed by atoms with E-state index >= 15 is 0 Å². The van der Waals surface area contributed by atoms with Gasteiger partial charge in [-0.05, 0) is 13.1 Å². The van der Waals surface area contributed by atoms with Gasteiger partial charge in [0.05, 0.1) is 23.9 Å². The van der Waals surface area contributed by atoms with Gasteiger partial charge in [0.2, 0.25) is 0 Å². The van der Waals surface area contributed by atoms with Crippen LogP contribution in [0, 0.1) is 0 Å². The lowest BCUT2D eigenvalue weighted by molar-refractivity contribution is -0.135. The molecular formula is C15H18IN5O3. The van der Waals surface area contributed by atoms with E-state index in [1.165, 1.54) is 0 Å². The summed E-state index contributed by atoms with van der Waals surface area (Å²) in [6.45, 7) is 0.0417. The number of aromatic nitrogens is 3. The normalized spacial score (nSPS) is 9.92. The number of imidazole rings is 1. The number of carboxylic acid groups (broad SMARTS) is 1. The third kappa shape index (κ3) is 4.17. The molecule has 24 heavy (non-hydrogen) atoms. The highest BCUT2D eigenvalue weighted by Crippen LogP contribution is 2.24. The van der Waals surface area contributed by atoms with Crippen molar-refractivity contribution in [1.29, 1.82) is 0 Å². The lowest BCUT2D eigenvalue weighted by atomic mass is 10.1. The number of amides is 1. The van der Waals surface area contributed by atoms with Crippen LogP contribution in [0.3, 0.4) is 0 Å². The summed E-state index contributed by atoms with van der Waals surface area (Å²) in [5.41, 5.74) is 7.73. The van der Waals surface area contributed by atoms with E-state index in [-0.39, 0.29) is 36.2 Å². The third-order valence-corrected chi connectivity index (χ3v) is 3.11. The predicted molar refractivity (Wildman–Crippen MR) is 102 cm³/mol. The van der Waals surface area contributed by atoms with Crippen molar-refractivity contribution < 1.29 is 14.7 Å². The van der Waals surface area contributed by atoms with Gasteiger partial charge in [0, 0.05) is 12.4 Å². The number of para-hydroxylation sites is 1. The second-order valence-electron chi connectivity index (χ2n) is 4.82. The lowest BCUT2D eigenvalue weighted by Gasteiger charge is -2.04. The van der Waals surface area contributed by atoms with Gasteiger partial charge in [0.15, 0.2) is 5.69 Å². The zero-order valence-electron chi connectivity index (χ0n) is 13.2. The van der Waals surface area contributed by atoms with Crippen molar-refractivity contribution in [3.63, 3.8) is 0 Å². The fourth-order valence-electron chi connectivity index (χ4n) is 2.19. The van der Waals surface area contributed by atoms with Gasteiger partial charge in [0.1, 0.15) is 5.52 Å². The van der Waals surface area contributed by atoms with Crippen LogP contribution < -0.4 is 11.1 Å². The number of nitrogens with one attached hydrogen (secondary N) is 1. The number of aryl methyl sites for hydroxylation is 1. The van der Waals surface area contributed by atoms with Crippen LogP contribution in [0.15, 0.2) is 30.6 Å². The molecule has 3 aromatic rings. The molecule has 0 aliphatic carbocycles. The van der Waals surface area contributed by atoms with Crippen molar-refractivity contribution in [3.05, 3.63) is 36.3 Å². The van der Waals surface area contributed by atoms with Crippen molar-refractivity contribution in [1.82, 2.24) is 19.9 Å². The fourth-order valence-corrected chi connectivity index (χ4v) is 2.19. The number of rotatable bonds is 3. The van der Waals surface area contributed by atoms with Crippen molar-refractivity contribution in [2.75, 3.05) is 13.6 Å². The Bertz CT molecular complexity index is 878. The van der Waals surface area contributed by atoms with Gasteiger partial charge in [-0.3, -0.25) is 9.59 Å². The molecule has 8 nitrogen and oxygen atoms in total. The van der Waals surface area contributed by atoms with Crippen LogP contribution in [0.25, 0.3) is 21.9 Å². The van der Waals surface area contributed by atoms with E-state index in [0.717, 1.165) is 16.4 Å². The van der Waals surface area contributed by atoms with E-state index in [1.807, 2.05) is 35.9 Å². The predicted octanol–water partition coefficient (Wildman–Crippen LogP) is 1.13. The standard InChI is InChI=1S/C12H10N4O.C3H7NO2.HI/c1-16-6-14-9-10(12(13)17)15-8-5-3-2-4-7(8)11(9)16;1-4-2-3(5)6;/h2-6H,1H3,(H2,13,17);4H,2H2,1H3,(H,5,6);1H. The molecule has 128 valence electrons. The van der Waals surface area contributed by atoms with Gasteiger partial charge in [0.25, 0.3) is 5.91 Å². The zero-order chi connectivity index (χ0) is 17.0. The molecule has 4 N–H and O–H groups in total. The van der Waals surface area contributed by atoms with Crippen LogP contribution in [-0.4, -0.2) is 45.1 Å². The molecular weight excluding hydrogens is 425 g/mol. The Morgan fingerprint density at radius 2 is 2.00 bits per heavy atom. The fraction of sp³-hybridized carbons (Fsp3) is 0.200. The van der Waals surface area contributed by atoms with Gasteiger partial charge < -0.3 is 20.7 Å². The lowest BCUT2D eigenvalue weighted by Crippen LogP contribution is -2.16. The number of nitrogens with two attached hydrogens (primary N) is 1. The molecule has 0 bridgehead atoms. The summed E-state index contributed by atoms with van der Waals surface area (Å²) in [5, 5.41) is 11.3. The molecule has 0 unspecified atom stereocenters. The van der Waals surface area contributed by atoms with Gasteiger partial charge >= 0.3 is 5.97 Å². The van der Waals surface area contributed by atoms with E-state index in [4.69, 9.17) is 10.8 Å². The second kappa shape index (κ2) is 8.55. The summed E-state index contributed by atoms with van der Waals surface area (Å²) < 4.78 is 1.87. The minimum atomic E-state index is -0.822. The Morgan fingerprint density at radius 3 is 2.54 bits per heavy atom. The first kappa shape index (κ1) is 19.8. The van der Waals surface area contributed by atoms with Gasteiger partial charge in [-0.1, -0.05) is 18.2 Å². The van der Waals surface area contributed by atoms with E-state index in [0.29, 0.717) is 5.52 Å². The average Bonchev–Trinajstić information content (AvgIpc) is 2.89. The SMILES string of the molecule is CNCC(=O)O.Cn1cnc2c(C(N)=O)nc3ccccc3c21.I. The number of pyridine rings is 1. The maximum Gasteiger partial charge on any atom is 0.317 e. The third-order valence-electron chi connectivity index (χ3n) is 3.11. The quantitative estimate of drug-likeness (QED) is 0.522. The Balaban J connectivity index is 0.000000359. The number of halogens is 1. The monoisotopic (exact) mass is 443 g/mol. The number of benzene rings is 1. The molecule has 0 saturated carbocycles. The first-order valence-corrected chi connectivity index (χ1v) is 6.81. The van der Waals surface area contributed by atoms with E-state index in [9.17, 15) is 9.59 Å². The molecule has 3 rings (SSSR count). The van der Waals surface area contributed by atoms with Crippen LogP contribution in [0.1, 0.15) is 10.5 Å². The first-order chi connectivity index (χ1) is 11.0. The summed E-state index contributed by atoms with van der Waals surface area (Å²) in [4.78, 5) is 29.4. The summed E-state index contributed by atoms with van der Waals surface area (Å²) in [7, 11) is 3.47. The molecule has 0 saturated heterocycles. The van der Waals surface area contributed by atoms with Crippen LogP contribution in [0.2, 0.25) is 0 Å². The number of aliphatic carboxylic acids is 1. The Morgan fingerprint density at radius 1 is 1.33 bits per heavy atom. The highest BCUT2D eigenvalue weighted by atomic mass is 127. The maximum absolute atomic E-state index is 11.4. The number of carbonyl (C=O) groups is 2. The molecule has 9 heteroatoms. The van der Waals surface area contributed by atoms with Crippen LogP contribution in [0.5, 0.6) is 0 Å². The summed E-state index contributed by atoms with van der Waals surface area (Å²) in [6, 6.07) is 7.62. The number of fused-ring (bicyclic) bond motifs is 3. The number of nitrogens with zero attached hydrogens (tertiary/aromatic N) is 3. The van der Waals surface area contributed by atoms with Crippen molar-refractivity contribution >= 4 is 57.8 Å². The first-order valence-electron chi connectivity index (χ1n) is 6.81. The summed E-state index contributed by atoms with van der Waals surface area (Å²) in [6.07, 6.45) is 1.66. The Labute approximate surface area is 155 Å². The van der Waals surface area contributed by atoms with Crippen LogP contribution in [0.4, 0.5) is 0 Å². The number of hydrogen-bond acceptors (Lipinski definition) is 5. The Hall–Kier alpha value is -2.27. The molecule has 1 amide bonds. The van der Waals surface area contributed by atoms with E-state index in [1.54, 1.807) is 13.4 Å².